The average molecular weight is 279 g/mol. The van der Waals surface area contributed by atoms with Crippen molar-refractivity contribution in [1.82, 2.24) is 24.5 Å². The number of hydrogen-bond donors (Lipinski definition) is 0. The van der Waals surface area contributed by atoms with Crippen LogP contribution in [-0.4, -0.2) is 50.7 Å². The van der Waals surface area contributed by atoms with Gasteiger partial charge in [0, 0.05) is 31.0 Å². The fraction of sp³-hybridized carbons (Fsp3) is 0.500. The number of hydrogen-bond acceptors (Lipinski definition) is 5. The maximum Gasteiger partial charge on any atom is 0.253 e. The summed E-state index contributed by atoms with van der Waals surface area (Å²) in [5.41, 5.74) is 2.68. The molecule has 0 unspecified atom stereocenters. The number of carbonyl (C=O) groups is 1. The summed E-state index contributed by atoms with van der Waals surface area (Å²) < 4.78 is 1.71. The van der Waals surface area contributed by atoms with Gasteiger partial charge < -0.3 is 4.90 Å². The smallest absolute Gasteiger partial charge is 0.253 e. The van der Waals surface area contributed by atoms with Crippen LogP contribution in [0.2, 0.25) is 0 Å². The van der Waals surface area contributed by atoms with Crippen LogP contribution in [0, 0.1) is 13.8 Å². The number of nitrogens with zero attached hydrogens (tertiary/aromatic N) is 5. The van der Waals surface area contributed by atoms with Gasteiger partial charge in [-0.05, 0) is 20.1 Å². The van der Waals surface area contributed by atoms with Crippen molar-refractivity contribution in [3.05, 3.63) is 17.0 Å². The molecule has 1 amide bonds. The molecule has 0 saturated carbocycles. The molecule has 6 nitrogen and oxygen atoms in total. The Balaban J connectivity index is 2.52. The number of rotatable bonds is 3. The molecule has 0 spiro atoms. The fourth-order valence-electron chi connectivity index (χ4n) is 1.84. The number of aromatic nitrogens is 4. The highest BCUT2D eigenvalue weighted by molar-refractivity contribution is 7.98. The molecule has 0 aliphatic heterocycles. The van der Waals surface area contributed by atoms with Gasteiger partial charge in [0.1, 0.15) is 0 Å². The van der Waals surface area contributed by atoms with Crippen molar-refractivity contribution < 1.29 is 4.79 Å². The van der Waals surface area contributed by atoms with Crippen molar-refractivity contribution in [2.45, 2.75) is 25.4 Å². The molecule has 0 radical (unpaired) electrons. The topological polar surface area (TPSA) is 63.4 Å². The van der Waals surface area contributed by atoms with Crippen LogP contribution in [0.1, 0.15) is 17.0 Å². The molecule has 0 aliphatic carbocycles. The van der Waals surface area contributed by atoms with E-state index in [1.54, 1.807) is 23.5 Å². The van der Waals surface area contributed by atoms with E-state index in [-0.39, 0.29) is 5.91 Å². The van der Waals surface area contributed by atoms with E-state index in [0.29, 0.717) is 17.4 Å². The predicted molar refractivity (Wildman–Crippen MR) is 74.4 cm³/mol. The van der Waals surface area contributed by atoms with Gasteiger partial charge in [-0.3, -0.25) is 4.79 Å². The highest BCUT2D eigenvalue weighted by atomic mass is 32.2. The van der Waals surface area contributed by atoms with Gasteiger partial charge in [0.15, 0.2) is 0 Å². The largest absolute Gasteiger partial charge is 0.349 e. The standard InChI is InChI=1S/C12H17N5OS/c1-7-9(6-10(18)16(3)4)8(2)17-11(13-7)14-12(15-17)19-5/h6H2,1-5H3. The Morgan fingerprint density at radius 3 is 2.58 bits per heavy atom. The molecule has 19 heavy (non-hydrogen) atoms. The van der Waals surface area contributed by atoms with Crippen LogP contribution in [0.25, 0.3) is 5.78 Å². The van der Waals surface area contributed by atoms with Crippen molar-refractivity contribution in [3.8, 4) is 0 Å². The number of thioether (sulfide) groups is 1. The van der Waals surface area contributed by atoms with Crippen LogP contribution in [0.5, 0.6) is 0 Å². The second-order valence-electron chi connectivity index (χ2n) is 4.54. The third-order valence-electron chi connectivity index (χ3n) is 3.04. The molecule has 0 fully saturated rings. The Morgan fingerprint density at radius 2 is 2.00 bits per heavy atom. The maximum atomic E-state index is 11.9. The van der Waals surface area contributed by atoms with Gasteiger partial charge in [-0.2, -0.15) is 4.98 Å². The first-order valence-corrected chi connectivity index (χ1v) is 7.13. The summed E-state index contributed by atoms with van der Waals surface area (Å²) in [6, 6.07) is 0. The third-order valence-corrected chi connectivity index (χ3v) is 3.58. The van der Waals surface area contributed by atoms with Crippen LogP contribution in [0.3, 0.4) is 0 Å². The highest BCUT2D eigenvalue weighted by Crippen LogP contribution is 2.17. The molecule has 2 aromatic rings. The molecule has 0 atom stereocenters. The van der Waals surface area contributed by atoms with Gasteiger partial charge in [-0.15, -0.1) is 5.10 Å². The number of likely N-dealkylation sites (N-methyl/N-ethyl adjacent to an activating group) is 1. The van der Waals surface area contributed by atoms with Crippen molar-refractivity contribution >= 4 is 23.4 Å². The zero-order valence-corrected chi connectivity index (χ0v) is 12.6. The lowest BCUT2D eigenvalue weighted by atomic mass is 10.1. The van der Waals surface area contributed by atoms with E-state index < -0.39 is 0 Å². The normalized spacial score (nSPS) is 11.0. The predicted octanol–water partition coefficient (Wildman–Crippen LogP) is 1.09. The molecular formula is C12H17N5OS. The van der Waals surface area contributed by atoms with Gasteiger partial charge in [-0.1, -0.05) is 11.8 Å². The van der Waals surface area contributed by atoms with Crippen molar-refractivity contribution in [1.29, 1.82) is 0 Å². The van der Waals surface area contributed by atoms with Crippen molar-refractivity contribution in [2.24, 2.45) is 0 Å². The molecule has 0 aliphatic rings. The molecule has 102 valence electrons. The Morgan fingerprint density at radius 1 is 1.32 bits per heavy atom. The SMILES string of the molecule is CSc1nc2nc(C)c(CC(=O)N(C)C)c(C)n2n1. The summed E-state index contributed by atoms with van der Waals surface area (Å²) in [6.07, 6.45) is 2.26. The first-order chi connectivity index (χ1) is 8.93. The molecule has 0 bridgehead atoms. The Labute approximate surface area is 116 Å². The summed E-state index contributed by atoms with van der Waals surface area (Å²) in [4.78, 5) is 22.2. The average Bonchev–Trinajstić information content (AvgIpc) is 2.77. The van der Waals surface area contributed by atoms with Gasteiger partial charge >= 0.3 is 0 Å². The number of carbonyl (C=O) groups excluding carboxylic acids is 1. The van der Waals surface area contributed by atoms with E-state index in [2.05, 4.69) is 15.1 Å². The lowest BCUT2D eigenvalue weighted by Crippen LogP contribution is -2.25. The molecule has 2 heterocycles. The van der Waals surface area contributed by atoms with E-state index in [4.69, 9.17) is 0 Å². The lowest BCUT2D eigenvalue weighted by Gasteiger charge is -2.13. The fourth-order valence-corrected chi connectivity index (χ4v) is 2.18. The van der Waals surface area contributed by atoms with E-state index in [0.717, 1.165) is 17.0 Å². The quantitative estimate of drug-likeness (QED) is 0.787. The number of fused-ring (bicyclic) bond motifs is 1. The van der Waals surface area contributed by atoms with Gasteiger partial charge in [-0.25, -0.2) is 9.50 Å². The van der Waals surface area contributed by atoms with Crippen LogP contribution < -0.4 is 0 Å². The third kappa shape index (κ3) is 2.56. The summed E-state index contributed by atoms with van der Waals surface area (Å²) >= 11 is 1.48. The first kappa shape index (κ1) is 13.8. The molecule has 2 rings (SSSR count). The lowest BCUT2D eigenvalue weighted by molar-refractivity contribution is -0.128. The monoisotopic (exact) mass is 279 g/mol. The molecule has 7 heteroatoms. The summed E-state index contributed by atoms with van der Waals surface area (Å²) in [7, 11) is 3.50. The number of aryl methyl sites for hydroxylation is 2. The molecule has 0 aromatic carbocycles. The van der Waals surface area contributed by atoms with Crippen molar-refractivity contribution in [2.75, 3.05) is 20.4 Å². The van der Waals surface area contributed by atoms with Gasteiger partial charge in [0.05, 0.1) is 6.42 Å². The van der Waals surface area contributed by atoms with Crippen LogP contribution >= 0.6 is 11.8 Å². The summed E-state index contributed by atoms with van der Waals surface area (Å²) in [6.45, 7) is 3.84. The molecule has 2 aromatic heterocycles. The van der Waals surface area contributed by atoms with E-state index in [1.165, 1.54) is 11.8 Å². The minimum atomic E-state index is 0.0533. The Hall–Kier alpha value is -1.63. The summed E-state index contributed by atoms with van der Waals surface area (Å²) in [5, 5.41) is 5.05. The minimum absolute atomic E-state index is 0.0533. The van der Waals surface area contributed by atoms with E-state index in [1.807, 2.05) is 20.1 Å². The van der Waals surface area contributed by atoms with Crippen LogP contribution in [0.15, 0.2) is 5.16 Å². The van der Waals surface area contributed by atoms with Gasteiger partial charge in [0.25, 0.3) is 5.78 Å². The number of amides is 1. The highest BCUT2D eigenvalue weighted by Gasteiger charge is 2.16. The van der Waals surface area contributed by atoms with Crippen LogP contribution in [-0.2, 0) is 11.2 Å². The summed E-state index contributed by atoms with van der Waals surface area (Å²) in [5.74, 6) is 0.637. The van der Waals surface area contributed by atoms with Crippen molar-refractivity contribution in [3.63, 3.8) is 0 Å². The maximum absolute atomic E-state index is 11.9. The second kappa shape index (κ2) is 5.16. The molecular weight excluding hydrogens is 262 g/mol. The zero-order chi connectivity index (χ0) is 14.2. The van der Waals surface area contributed by atoms with E-state index >= 15 is 0 Å². The second-order valence-corrected chi connectivity index (χ2v) is 5.31. The minimum Gasteiger partial charge on any atom is -0.349 e. The Bertz CT molecular complexity index is 635. The Kier molecular flexibility index (Phi) is 3.75. The molecule has 0 saturated heterocycles. The molecule has 0 N–H and O–H groups in total. The van der Waals surface area contributed by atoms with Gasteiger partial charge in [0.2, 0.25) is 11.1 Å². The first-order valence-electron chi connectivity index (χ1n) is 5.91. The van der Waals surface area contributed by atoms with E-state index in [9.17, 15) is 4.79 Å². The zero-order valence-electron chi connectivity index (χ0n) is 11.8. The van der Waals surface area contributed by atoms with Crippen LogP contribution in [0.4, 0.5) is 0 Å².